The van der Waals surface area contributed by atoms with Gasteiger partial charge in [0.25, 0.3) is 0 Å². The van der Waals surface area contributed by atoms with E-state index in [2.05, 4.69) is 10.6 Å². The lowest BCUT2D eigenvalue weighted by molar-refractivity contribution is -0.161. The third kappa shape index (κ3) is 9.82. The molecule has 0 saturated carbocycles. The van der Waals surface area contributed by atoms with Crippen LogP contribution in [-0.4, -0.2) is 75.7 Å². The van der Waals surface area contributed by atoms with E-state index in [1.165, 1.54) is 4.90 Å². The Kier molecular flexibility index (Phi) is 10.4. The maximum Gasteiger partial charge on any atom is 0.408 e. The molecule has 2 aliphatic rings. The van der Waals surface area contributed by atoms with Gasteiger partial charge in [-0.2, -0.15) is 0 Å². The van der Waals surface area contributed by atoms with Crippen molar-refractivity contribution in [2.24, 2.45) is 0 Å². The van der Waals surface area contributed by atoms with Gasteiger partial charge in [0.15, 0.2) is 0 Å². The summed E-state index contributed by atoms with van der Waals surface area (Å²) in [7, 11) is 0. The summed E-state index contributed by atoms with van der Waals surface area (Å²) in [6.07, 6.45) is 4.16. The van der Waals surface area contributed by atoms with Crippen LogP contribution in [0.3, 0.4) is 0 Å². The van der Waals surface area contributed by atoms with Crippen LogP contribution < -0.4 is 10.6 Å². The predicted molar refractivity (Wildman–Crippen MR) is 148 cm³/mol. The zero-order chi connectivity index (χ0) is 30.5. The van der Waals surface area contributed by atoms with Crippen LogP contribution in [0.1, 0.15) is 101 Å². The molecule has 0 aliphatic carbocycles. The van der Waals surface area contributed by atoms with Crippen LogP contribution in [0.4, 0.5) is 4.79 Å². The number of esters is 2. The average molecular weight is 566 g/mol. The Morgan fingerprint density at radius 2 is 1.55 bits per heavy atom. The largest absolute Gasteiger partial charge is 0.460 e. The third-order valence-electron chi connectivity index (χ3n) is 6.21. The minimum atomic E-state index is -1.26. The smallest absolute Gasteiger partial charge is 0.408 e. The number of hydrogen-bond acceptors (Lipinski definition) is 8. The van der Waals surface area contributed by atoms with E-state index in [9.17, 15) is 24.0 Å². The molecule has 2 rings (SSSR count). The summed E-state index contributed by atoms with van der Waals surface area (Å²) in [4.78, 5) is 66.9. The summed E-state index contributed by atoms with van der Waals surface area (Å²) in [5, 5.41) is 5.42. The molecule has 11 heteroatoms. The number of alkyl carbamates (subject to hydrolysis) is 1. The summed E-state index contributed by atoms with van der Waals surface area (Å²) in [6.45, 7) is 15.9. The lowest BCUT2D eigenvalue weighted by atomic mass is 9.87. The molecule has 2 aliphatic heterocycles. The second-order valence-electron chi connectivity index (χ2n) is 13.4. The first-order valence-corrected chi connectivity index (χ1v) is 13.9. The SMILES string of the molecule is CC(C)(C)OC(=O)CC[C@H](NC(=O)[C@@]12C/C=C\C[C@H](NC(=O)OC(C)(C)C)C(=O)N1CCC2)C(=O)OC(C)(C)C. The highest BCUT2D eigenvalue weighted by molar-refractivity contribution is 5.97. The Bertz CT molecular complexity index is 1000. The average Bonchev–Trinajstić information content (AvgIpc) is 3.18. The van der Waals surface area contributed by atoms with Gasteiger partial charge < -0.3 is 29.7 Å². The molecule has 0 unspecified atom stereocenters. The fourth-order valence-corrected chi connectivity index (χ4v) is 4.68. The molecular weight excluding hydrogens is 518 g/mol. The van der Waals surface area contributed by atoms with Crippen LogP contribution in [0.5, 0.6) is 0 Å². The summed E-state index contributed by atoms with van der Waals surface area (Å²) in [5.41, 5.74) is -3.50. The van der Waals surface area contributed by atoms with Crippen LogP contribution in [0.2, 0.25) is 0 Å². The van der Waals surface area contributed by atoms with Crippen molar-refractivity contribution >= 4 is 29.8 Å². The fourth-order valence-electron chi connectivity index (χ4n) is 4.68. The second-order valence-corrected chi connectivity index (χ2v) is 13.4. The molecule has 2 heterocycles. The van der Waals surface area contributed by atoms with Crippen molar-refractivity contribution in [1.29, 1.82) is 0 Å². The molecule has 0 aromatic heterocycles. The Hall–Kier alpha value is -3.11. The van der Waals surface area contributed by atoms with E-state index in [0.717, 1.165) is 0 Å². The van der Waals surface area contributed by atoms with Crippen molar-refractivity contribution < 1.29 is 38.2 Å². The first-order valence-electron chi connectivity index (χ1n) is 13.9. The molecule has 3 atom stereocenters. The van der Waals surface area contributed by atoms with Crippen molar-refractivity contribution in [1.82, 2.24) is 15.5 Å². The van der Waals surface area contributed by atoms with Gasteiger partial charge in [-0.1, -0.05) is 12.2 Å². The quantitative estimate of drug-likeness (QED) is 0.271. The Labute approximate surface area is 237 Å². The van der Waals surface area contributed by atoms with Gasteiger partial charge >= 0.3 is 18.0 Å². The van der Waals surface area contributed by atoms with Gasteiger partial charge in [0.1, 0.15) is 34.4 Å². The number of carbonyl (C=O) groups is 5. The molecule has 0 spiro atoms. The first kappa shape index (κ1) is 33.1. The standard InChI is InChI=1S/C29H47N3O8/c1-26(2,3)38-21(33)15-14-20(23(35)39-27(4,5)6)30-24(36)29-16-11-10-13-19(22(34)32(29)18-12-17-29)31-25(37)40-28(7,8)9/h10-11,19-20H,12-18H2,1-9H3,(H,30,36)(H,31,37)/b11-10-/t19-,20-,29-/m0/s1. The van der Waals surface area contributed by atoms with E-state index in [0.29, 0.717) is 19.4 Å². The molecule has 1 fully saturated rings. The van der Waals surface area contributed by atoms with E-state index >= 15 is 0 Å². The van der Waals surface area contributed by atoms with Gasteiger partial charge in [0.05, 0.1) is 0 Å². The highest BCUT2D eigenvalue weighted by atomic mass is 16.6. The molecule has 0 radical (unpaired) electrons. The molecule has 0 aromatic rings. The Balaban J connectivity index is 2.27. The molecule has 1 saturated heterocycles. The minimum Gasteiger partial charge on any atom is -0.460 e. The van der Waals surface area contributed by atoms with Crippen molar-refractivity contribution in [3.05, 3.63) is 12.2 Å². The number of hydrogen-bond donors (Lipinski definition) is 2. The van der Waals surface area contributed by atoms with Crippen molar-refractivity contribution in [3.8, 4) is 0 Å². The molecule has 0 bridgehead atoms. The van der Waals surface area contributed by atoms with Crippen molar-refractivity contribution in [2.75, 3.05) is 6.54 Å². The maximum absolute atomic E-state index is 13.9. The number of amides is 3. The summed E-state index contributed by atoms with van der Waals surface area (Å²) < 4.78 is 16.2. The first-order chi connectivity index (χ1) is 18.2. The molecule has 3 amide bonds. The van der Waals surface area contributed by atoms with E-state index in [1.54, 1.807) is 68.4 Å². The molecule has 11 nitrogen and oxygen atoms in total. The molecule has 0 aromatic carbocycles. The van der Waals surface area contributed by atoms with Gasteiger partial charge in [-0.25, -0.2) is 9.59 Å². The van der Waals surface area contributed by atoms with Crippen molar-refractivity contribution in [2.45, 2.75) is 135 Å². The topological polar surface area (TPSA) is 140 Å². The van der Waals surface area contributed by atoms with Gasteiger partial charge in [-0.3, -0.25) is 14.4 Å². The molecule has 40 heavy (non-hydrogen) atoms. The number of fused-ring (bicyclic) bond motifs is 1. The monoisotopic (exact) mass is 565 g/mol. The summed E-state index contributed by atoms with van der Waals surface area (Å²) in [5.74, 6) is -2.09. The van der Waals surface area contributed by atoms with Gasteiger partial charge in [-0.05, 0) is 94.4 Å². The normalized spacial score (nSPS) is 23.2. The highest BCUT2D eigenvalue weighted by Gasteiger charge is 2.51. The number of carbonyl (C=O) groups excluding carboxylic acids is 5. The zero-order valence-electron chi connectivity index (χ0n) is 25.5. The van der Waals surface area contributed by atoms with Crippen LogP contribution in [0.25, 0.3) is 0 Å². The van der Waals surface area contributed by atoms with E-state index in [-0.39, 0.29) is 25.7 Å². The van der Waals surface area contributed by atoms with Crippen LogP contribution >= 0.6 is 0 Å². The maximum atomic E-state index is 13.9. The minimum absolute atomic E-state index is 0.0295. The lowest BCUT2D eigenvalue weighted by Gasteiger charge is -2.40. The Morgan fingerprint density at radius 3 is 2.12 bits per heavy atom. The highest BCUT2D eigenvalue weighted by Crippen LogP contribution is 2.36. The van der Waals surface area contributed by atoms with Crippen LogP contribution in [0, 0.1) is 0 Å². The van der Waals surface area contributed by atoms with Crippen molar-refractivity contribution in [3.63, 3.8) is 0 Å². The number of rotatable bonds is 7. The third-order valence-corrected chi connectivity index (χ3v) is 6.21. The van der Waals surface area contributed by atoms with E-state index < -0.39 is 64.3 Å². The van der Waals surface area contributed by atoms with Gasteiger partial charge in [-0.15, -0.1) is 0 Å². The molecule has 226 valence electrons. The second kappa shape index (κ2) is 12.6. The fraction of sp³-hybridized carbons (Fsp3) is 0.759. The van der Waals surface area contributed by atoms with Crippen LogP contribution in [0.15, 0.2) is 12.2 Å². The number of nitrogens with zero attached hydrogens (tertiary/aromatic N) is 1. The zero-order valence-corrected chi connectivity index (χ0v) is 25.5. The lowest BCUT2D eigenvalue weighted by Crippen LogP contribution is -2.63. The predicted octanol–water partition coefficient (Wildman–Crippen LogP) is 3.54. The summed E-state index contributed by atoms with van der Waals surface area (Å²) in [6, 6.07) is -2.04. The van der Waals surface area contributed by atoms with Crippen LogP contribution in [-0.2, 0) is 33.4 Å². The number of nitrogens with one attached hydrogen (secondary N) is 2. The molecule has 2 N–H and O–H groups in total. The van der Waals surface area contributed by atoms with E-state index in [1.807, 2.05) is 6.08 Å². The summed E-state index contributed by atoms with van der Waals surface area (Å²) >= 11 is 0. The molecular formula is C29H47N3O8. The van der Waals surface area contributed by atoms with Gasteiger partial charge in [0.2, 0.25) is 11.8 Å². The Morgan fingerprint density at radius 1 is 0.950 bits per heavy atom. The van der Waals surface area contributed by atoms with Gasteiger partial charge in [0, 0.05) is 13.0 Å². The number of ether oxygens (including phenoxy) is 3. The van der Waals surface area contributed by atoms with E-state index in [4.69, 9.17) is 14.2 Å².